The van der Waals surface area contributed by atoms with Gasteiger partial charge in [-0.3, -0.25) is 9.89 Å². The number of fused-ring (bicyclic) bond motifs is 1. The fourth-order valence-electron chi connectivity index (χ4n) is 2.47. The molecule has 0 spiro atoms. The maximum absolute atomic E-state index is 12.7. The highest BCUT2D eigenvalue weighted by Gasteiger charge is 2.26. The van der Waals surface area contributed by atoms with E-state index < -0.39 is 5.91 Å². The van der Waals surface area contributed by atoms with Crippen molar-refractivity contribution >= 4 is 28.6 Å². The van der Waals surface area contributed by atoms with Gasteiger partial charge >= 0.3 is 0 Å². The van der Waals surface area contributed by atoms with Gasteiger partial charge in [0.05, 0.1) is 10.9 Å². The number of nitrogen functional groups attached to an aromatic ring is 1. The number of nitrogens with zero attached hydrogens (tertiary/aromatic N) is 5. The van der Waals surface area contributed by atoms with Crippen LogP contribution in [0.25, 0.3) is 11.0 Å². The van der Waals surface area contributed by atoms with Crippen LogP contribution in [0.4, 0.5) is 11.6 Å². The molecule has 0 unspecified atom stereocenters. The molecule has 3 aromatic rings. The van der Waals surface area contributed by atoms with Crippen molar-refractivity contribution in [3.63, 3.8) is 0 Å². The van der Waals surface area contributed by atoms with E-state index in [4.69, 9.17) is 5.73 Å². The highest BCUT2D eigenvalue weighted by molar-refractivity contribution is 6.12. The Morgan fingerprint density at radius 2 is 2.04 bits per heavy atom. The van der Waals surface area contributed by atoms with Crippen molar-refractivity contribution < 1.29 is 4.79 Å². The van der Waals surface area contributed by atoms with Crippen LogP contribution in [-0.4, -0.2) is 35.9 Å². The summed E-state index contributed by atoms with van der Waals surface area (Å²) in [5, 5.41) is 14.6. The number of rotatable bonds is 3. The number of hydrogen-bond donors (Lipinski definition) is 3. The second-order valence-electron chi connectivity index (χ2n) is 7.21. The van der Waals surface area contributed by atoms with Crippen LogP contribution < -0.4 is 11.1 Å². The normalized spacial score (nSPS) is 12.1. The largest absolute Gasteiger partial charge is 0.383 e. The van der Waals surface area contributed by atoms with Gasteiger partial charge in [-0.1, -0.05) is 13.8 Å². The van der Waals surface area contributed by atoms with Crippen LogP contribution in [0.2, 0.25) is 0 Å². The third-order valence-corrected chi connectivity index (χ3v) is 3.81. The molecular formula is C16H22N8O. The minimum absolute atomic E-state index is 0.178. The predicted octanol–water partition coefficient (Wildman–Crippen LogP) is 2.26. The van der Waals surface area contributed by atoms with Crippen molar-refractivity contribution in [1.29, 1.82) is 0 Å². The Morgan fingerprint density at radius 1 is 1.32 bits per heavy atom. The van der Waals surface area contributed by atoms with Gasteiger partial charge in [0.2, 0.25) is 0 Å². The number of aromatic amines is 1. The summed E-state index contributed by atoms with van der Waals surface area (Å²) in [5.41, 5.74) is 7.25. The van der Waals surface area contributed by atoms with E-state index in [0.29, 0.717) is 16.9 Å². The fourth-order valence-corrected chi connectivity index (χ4v) is 2.47. The van der Waals surface area contributed by atoms with Crippen LogP contribution in [0.5, 0.6) is 0 Å². The van der Waals surface area contributed by atoms with Crippen LogP contribution in [0.15, 0.2) is 12.4 Å². The van der Waals surface area contributed by atoms with Gasteiger partial charge in [0, 0.05) is 11.8 Å². The quantitative estimate of drug-likeness (QED) is 0.670. The number of aromatic nitrogens is 6. The van der Waals surface area contributed by atoms with Gasteiger partial charge in [-0.05, 0) is 26.7 Å². The molecule has 3 aromatic heterocycles. The Labute approximate surface area is 145 Å². The Bertz CT molecular complexity index is 931. The highest BCUT2D eigenvalue weighted by atomic mass is 16.2. The van der Waals surface area contributed by atoms with E-state index in [2.05, 4.69) is 30.6 Å². The minimum Gasteiger partial charge on any atom is -0.383 e. The lowest BCUT2D eigenvalue weighted by Gasteiger charge is -2.19. The molecule has 3 rings (SSSR count). The number of H-pyrrole nitrogens is 1. The summed E-state index contributed by atoms with van der Waals surface area (Å²) in [6.07, 6.45) is 1.37. The maximum Gasteiger partial charge on any atom is 0.278 e. The average molecular weight is 342 g/mol. The lowest BCUT2D eigenvalue weighted by atomic mass is 10.1. The van der Waals surface area contributed by atoms with Gasteiger partial charge < -0.3 is 11.1 Å². The predicted molar refractivity (Wildman–Crippen MR) is 95.4 cm³/mol. The molecule has 0 fully saturated rings. The molecule has 4 N–H and O–H groups in total. The molecule has 0 saturated heterocycles. The van der Waals surface area contributed by atoms with Crippen LogP contribution in [0, 0.1) is 0 Å². The molecule has 132 valence electrons. The number of anilines is 2. The second kappa shape index (κ2) is 5.83. The summed E-state index contributed by atoms with van der Waals surface area (Å²) in [4.78, 5) is 21.0. The van der Waals surface area contributed by atoms with Gasteiger partial charge in [-0.15, -0.1) is 0 Å². The minimum atomic E-state index is -0.406. The molecule has 0 aliphatic heterocycles. The Hall–Kier alpha value is -2.97. The van der Waals surface area contributed by atoms with E-state index in [9.17, 15) is 4.79 Å². The fraction of sp³-hybridized carbons (Fsp3) is 0.438. The van der Waals surface area contributed by atoms with Crippen molar-refractivity contribution in [3.05, 3.63) is 23.8 Å². The molecule has 9 nitrogen and oxygen atoms in total. The lowest BCUT2D eigenvalue weighted by molar-refractivity contribution is 0.102. The molecule has 0 radical (unpaired) electrons. The number of amides is 1. The van der Waals surface area contributed by atoms with E-state index in [1.54, 1.807) is 10.7 Å². The Balaban J connectivity index is 2.04. The maximum atomic E-state index is 12.7. The second-order valence-corrected chi connectivity index (χ2v) is 7.21. The molecule has 25 heavy (non-hydrogen) atoms. The zero-order chi connectivity index (χ0) is 18.4. The van der Waals surface area contributed by atoms with E-state index >= 15 is 0 Å². The van der Waals surface area contributed by atoms with Crippen molar-refractivity contribution in [3.8, 4) is 0 Å². The first-order chi connectivity index (χ1) is 11.7. The van der Waals surface area contributed by atoms with Gasteiger partial charge in [0.1, 0.15) is 12.1 Å². The summed E-state index contributed by atoms with van der Waals surface area (Å²) in [5.74, 6) is 0.526. The molecule has 0 aliphatic rings. The summed E-state index contributed by atoms with van der Waals surface area (Å²) in [6.45, 7) is 10.00. The van der Waals surface area contributed by atoms with Crippen molar-refractivity contribution in [1.82, 2.24) is 29.9 Å². The number of nitrogens with two attached hydrogens (primary N) is 1. The monoisotopic (exact) mass is 342 g/mol. The third kappa shape index (κ3) is 3.04. The van der Waals surface area contributed by atoms with Crippen LogP contribution in [0.3, 0.4) is 0 Å². The summed E-state index contributed by atoms with van der Waals surface area (Å²) in [6, 6.07) is 1.80. The molecule has 9 heteroatoms. The number of nitrogens with one attached hydrogen (secondary N) is 2. The SMILES string of the molecule is CC(C)c1cc(NC(=O)c2nn(C(C)(C)C)c3ncnc(N)c23)n[nH]1. The van der Waals surface area contributed by atoms with Crippen molar-refractivity contribution in [2.45, 2.75) is 46.1 Å². The number of carbonyl (C=O) groups is 1. The van der Waals surface area contributed by atoms with Crippen LogP contribution in [-0.2, 0) is 5.54 Å². The average Bonchev–Trinajstić information content (AvgIpc) is 3.11. The third-order valence-electron chi connectivity index (χ3n) is 3.81. The molecule has 0 atom stereocenters. The van der Waals surface area contributed by atoms with Crippen LogP contribution in [0.1, 0.15) is 56.7 Å². The van der Waals surface area contributed by atoms with Gasteiger partial charge in [-0.25, -0.2) is 14.6 Å². The number of hydrogen-bond acceptors (Lipinski definition) is 6. The van der Waals surface area contributed by atoms with E-state index in [0.717, 1.165) is 5.69 Å². The first-order valence-corrected chi connectivity index (χ1v) is 8.05. The summed E-state index contributed by atoms with van der Waals surface area (Å²) >= 11 is 0. The van der Waals surface area contributed by atoms with E-state index in [1.165, 1.54) is 6.33 Å². The molecule has 0 bridgehead atoms. The first-order valence-electron chi connectivity index (χ1n) is 8.05. The molecule has 0 aromatic carbocycles. The van der Waals surface area contributed by atoms with Crippen molar-refractivity contribution in [2.24, 2.45) is 0 Å². The van der Waals surface area contributed by atoms with E-state index in [1.807, 2.05) is 34.6 Å². The van der Waals surface area contributed by atoms with Crippen molar-refractivity contribution in [2.75, 3.05) is 11.1 Å². The zero-order valence-electron chi connectivity index (χ0n) is 15.0. The van der Waals surface area contributed by atoms with Crippen LogP contribution >= 0.6 is 0 Å². The number of carbonyl (C=O) groups excluding carboxylic acids is 1. The Morgan fingerprint density at radius 3 is 2.64 bits per heavy atom. The summed E-state index contributed by atoms with van der Waals surface area (Å²) in [7, 11) is 0. The lowest BCUT2D eigenvalue weighted by Crippen LogP contribution is -2.24. The molecule has 0 saturated carbocycles. The first kappa shape index (κ1) is 16.9. The topological polar surface area (TPSA) is 127 Å². The molecular weight excluding hydrogens is 320 g/mol. The molecule has 3 heterocycles. The van der Waals surface area contributed by atoms with Gasteiger partial charge in [0.25, 0.3) is 5.91 Å². The smallest absolute Gasteiger partial charge is 0.278 e. The molecule has 1 amide bonds. The van der Waals surface area contributed by atoms with E-state index in [-0.39, 0.29) is 23.0 Å². The Kier molecular flexibility index (Phi) is 3.94. The van der Waals surface area contributed by atoms with Gasteiger partial charge in [-0.2, -0.15) is 10.2 Å². The standard InChI is InChI=1S/C16H22N8O/c1-8(2)9-6-10(22-21-9)20-15(25)12-11-13(17)18-7-19-14(11)24(23-12)16(3,4)5/h6-8H,1-5H3,(H2,17,18,19)(H2,20,21,22,25). The summed E-state index contributed by atoms with van der Waals surface area (Å²) < 4.78 is 1.68. The zero-order valence-corrected chi connectivity index (χ0v) is 15.0. The highest BCUT2D eigenvalue weighted by Crippen LogP contribution is 2.27. The van der Waals surface area contributed by atoms with Gasteiger partial charge in [0.15, 0.2) is 17.2 Å². The molecule has 0 aliphatic carbocycles.